The van der Waals surface area contributed by atoms with Crippen molar-refractivity contribution in [3.05, 3.63) is 40.1 Å². The number of anilines is 1. The number of carboxylic acids is 1. The van der Waals surface area contributed by atoms with Crippen LogP contribution in [-0.4, -0.2) is 61.1 Å². The van der Waals surface area contributed by atoms with Crippen molar-refractivity contribution in [1.29, 1.82) is 0 Å². The molecule has 2 aromatic rings. The van der Waals surface area contributed by atoms with E-state index in [9.17, 15) is 18.0 Å². The Morgan fingerprint density at radius 3 is 2.76 bits per heavy atom. The Balaban J connectivity index is 1.41. The monoisotopic (exact) mass is 489 g/mol. The number of aromatic carboxylic acids is 1. The third-order valence-corrected chi connectivity index (χ3v) is 8.10. The number of hydrogen-bond acceptors (Lipinski definition) is 7. The summed E-state index contributed by atoms with van der Waals surface area (Å²) < 4.78 is 34.0. The fraction of sp³-hybridized carbons (Fsp3) is 0.500. The summed E-state index contributed by atoms with van der Waals surface area (Å²) in [7, 11) is -3.03. The van der Waals surface area contributed by atoms with Crippen LogP contribution in [0.4, 0.5) is 10.5 Å². The van der Waals surface area contributed by atoms with Gasteiger partial charge in [-0.25, -0.2) is 14.3 Å². The number of rotatable bonds is 5. The van der Waals surface area contributed by atoms with E-state index in [0.29, 0.717) is 18.9 Å². The van der Waals surface area contributed by atoms with E-state index < -0.39 is 27.0 Å². The number of amides is 2. The van der Waals surface area contributed by atoms with Gasteiger partial charge in [-0.2, -0.15) is 13.5 Å². The lowest BCUT2D eigenvalue weighted by Crippen LogP contribution is -2.44. The van der Waals surface area contributed by atoms with Crippen molar-refractivity contribution in [3.63, 3.8) is 0 Å². The van der Waals surface area contributed by atoms with Crippen LogP contribution in [0.25, 0.3) is 0 Å². The number of morpholine rings is 1. The molecule has 1 saturated heterocycles. The Hall–Kier alpha value is -2.96. The van der Waals surface area contributed by atoms with Crippen molar-refractivity contribution < 1.29 is 27.9 Å². The number of carbonyl (C=O) groups is 2. The smallest absolute Gasteiger partial charge is 0.354 e. The van der Waals surface area contributed by atoms with Crippen molar-refractivity contribution in [2.45, 2.75) is 49.1 Å². The summed E-state index contributed by atoms with van der Waals surface area (Å²) in [5.74, 6) is -1.04. The standard InChI is InChI=1S/C22H27N5O6S/c1-27-18(21(28)29)10-19(25-27)34(31,32)26-22(30)24-20-13-4-2-3-12(13)9-16-14(5-6-15(16)20)17-11-33-8-7-23-17/h9-10,14,17,23H,2-8,11H2,1H3,(H,28,29)(H2,24,26,30). The first-order valence-corrected chi connectivity index (χ1v) is 12.8. The first kappa shape index (κ1) is 22.8. The van der Waals surface area contributed by atoms with Crippen LogP contribution >= 0.6 is 0 Å². The van der Waals surface area contributed by atoms with Gasteiger partial charge < -0.3 is 20.5 Å². The maximum atomic E-state index is 12.8. The highest BCUT2D eigenvalue weighted by atomic mass is 32.2. The number of carbonyl (C=O) groups excluding carboxylic acids is 1. The highest BCUT2D eigenvalue weighted by Crippen LogP contribution is 2.44. The summed E-state index contributed by atoms with van der Waals surface area (Å²) in [5.41, 5.74) is 4.89. The quantitative estimate of drug-likeness (QED) is 0.488. The molecule has 5 rings (SSSR count). The normalized spacial score (nSPS) is 21.7. The summed E-state index contributed by atoms with van der Waals surface area (Å²) in [6.07, 6.45) is 4.44. The molecule has 1 aliphatic heterocycles. The predicted molar refractivity (Wildman–Crippen MR) is 122 cm³/mol. The van der Waals surface area contributed by atoms with E-state index in [2.05, 4.69) is 21.8 Å². The minimum Gasteiger partial charge on any atom is -0.477 e. The molecule has 4 N–H and O–H groups in total. The Bertz CT molecular complexity index is 1270. The largest absolute Gasteiger partial charge is 0.477 e. The Morgan fingerprint density at radius 1 is 1.24 bits per heavy atom. The second kappa shape index (κ2) is 8.67. The summed E-state index contributed by atoms with van der Waals surface area (Å²) in [6, 6.07) is 2.49. The molecule has 1 aromatic heterocycles. The first-order chi connectivity index (χ1) is 16.2. The van der Waals surface area contributed by atoms with E-state index in [4.69, 9.17) is 9.84 Å². The Labute approximate surface area is 196 Å². The van der Waals surface area contributed by atoms with Crippen molar-refractivity contribution >= 4 is 27.7 Å². The van der Waals surface area contributed by atoms with E-state index in [0.717, 1.165) is 60.5 Å². The molecule has 0 bridgehead atoms. The molecular formula is C22H27N5O6S. The van der Waals surface area contributed by atoms with E-state index in [1.54, 1.807) is 0 Å². The van der Waals surface area contributed by atoms with Crippen molar-refractivity contribution in [2.24, 2.45) is 7.05 Å². The van der Waals surface area contributed by atoms with Crippen LogP contribution in [-0.2, 0) is 41.1 Å². The Kier molecular flexibility index (Phi) is 5.82. The zero-order valence-corrected chi connectivity index (χ0v) is 19.6. The number of hydrogen-bond donors (Lipinski definition) is 4. The molecule has 1 aromatic carbocycles. The molecule has 11 nitrogen and oxygen atoms in total. The summed E-state index contributed by atoms with van der Waals surface area (Å²) >= 11 is 0. The van der Waals surface area contributed by atoms with E-state index in [1.165, 1.54) is 18.2 Å². The summed E-state index contributed by atoms with van der Waals surface area (Å²) in [4.78, 5) is 24.0. The van der Waals surface area contributed by atoms with Crippen molar-refractivity contribution in [3.8, 4) is 0 Å². The van der Waals surface area contributed by atoms with Gasteiger partial charge in [0, 0.05) is 37.3 Å². The van der Waals surface area contributed by atoms with Gasteiger partial charge in [0.15, 0.2) is 5.03 Å². The average molecular weight is 490 g/mol. The maximum absolute atomic E-state index is 12.8. The summed E-state index contributed by atoms with van der Waals surface area (Å²) in [6.45, 7) is 2.15. The molecule has 0 radical (unpaired) electrons. The van der Waals surface area contributed by atoms with Gasteiger partial charge in [-0.3, -0.25) is 4.68 Å². The lowest BCUT2D eigenvalue weighted by Gasteiger charge is -2.30. The highest BCUT2D eigenvalue weighted by Gasteiger charge is 2.35. The van der Waals surface area contributed by atoms with Gasteiger partial charge in [0.05, 0.1) is 13.2 Å². The maximum Gasteiger partial charge on any atom is 0.354 e. The molecule has 182 valence electrons. The molecule has 1 fully saturated rings. The zero-order valence-electron chi connectivity index (χ0n) is 18.8. The predicted octanol–water partition coefficient (Wildman–Crippen LogP) is 1.14. The molecular weight excluding hydrogens is 462 g/mol. The number of aryl methyl sites for hydroxylation is 2. The van der Waals surface area contributed by atoms with E-state index in [-0.39, 0.29) is 17.7 Å². The van der Waals surface area contributed by atoms with Crippen LogP contribution in [0.1, 0.15) is 51.5 Å². The second-order valence-electron chi connectivity index (χ2n) is 8.95. The molecule has 0 saturated carbocycles. The van der Waals surface area contributed by atoms with Crippen molar-refractivity contribution in [1.82, 2.24) is 19.8 Å². The van der Waals surface area contributed by atoms with Crippen LogP contribution in [0, 0.1) is 0 Å². The minimum absolute atomic E-state index is 0.212. The third kappa shape index (κ3) is 4.05. The molecule has 34 heavy (non-hydrogen) atoms. The minimum atomic E-state index is -4.35. The van der Waals surface area contributed by atoms with Crippen LogP contribution in [0.5, 0.6) is 0 Å². The number of nitrogens with zero attached hydrogens (tertiary/aromatic N) is 2. The lowest BCUT2D eigenvalue weighted by atomic mass is 9.90. The van der Waals surface area contributed by atoms with Crippen LogP contribution in [0.15, 0.2) is 17.2 Å². The number of benzene rings is 1. The lowest BCUT2D eigenvalue weighted by molar-refractivity contribution is 0.0679. The van der Waals surface area contributed by atoms with Gasteiger partial charge in [0.25, 0.3) is 10.0 Å². The van der Waals surface area contributed by atoms with Gasteiger partial charge in [0.2, 0.25) is 0 Å². The van der Waals surface area contributed by atoms with E-state index >= 15 is 0 Å². The molecule has 3 aliphatic rings. The molecule has 2 atom stereocenters. The molecule has 12 heteroatoms. The Morgan fingerprint density at radius 2 is 2.06 bits per heavy atom. The fourth-order valence-corrected chi connectivity index (χ4v) is 6.26. The number of carboxylic acid groups (broad SMARTS) is 1. The van der Waals surface area contributed by atoms with Gasteiger partial charge in [0.1, 0.15) is 5.69 Å². The SMILES string of the molecule is Cn1nc(S(=O)(=O)NC(=O)Nc2c3c(cc4c2CCC4C2COCCN2)CCC3)cc1C(=O)O. The average Bonchev–Trinajstić information content (AvgIpc) is 3.52. The van der Waals surface area contributed by atoms with Crippen LogP contribution < -0.4 is 15.4 Å². The molecule has 0 spiro atoms. The van der Waals surface area contributed by atoms with E-state index in [1.807, 2.05) is 4.72 Å². The number of urea groups is 1. The first-order valence-electron chi connectivity index (χ1n) is 11.3. The van der Waals surface area contributed by atoms with Crippen LogP contribution in [0.3, 0.4) is 0 Å². The second-order valence-corrected chi connectivity index (χ2v) is 10.6. The highest BCUT2D eigenvalue weighted by molar-refractivity contribution is 7.90. The number of aromatic nitrogens is 2. The van der Waals surface area contributed by atoms with Gasteiger partial charge in [-0.1, -0.05) is 6.07 Å². The molecule has 2 aliphatic carbocycles. The zero-order chi connectivity index (χ0) is 24.0. The molecule has 2 heterocycles. The van der Waals surface area contributed by atoms with Gasteiger partial charge in [-0.15, -0.1) is 0 Å². The molecule has 2 amide bonds. The van der Waals surface area contributed by atoms with Gasteiger partial charge >= 0.3 is 12.0 Å². The van der Waals surface area contributed by atoms with Crippen LogP contribution in [0.2, 0.25) is 0 Å². The number of nitrogens with one attached hydrogen (secondary N) is 3. The molecule has 2 unspecified atom stereocenters. The van der Waals surface area contributed by atoms with Crippen molar-refractivity contribution in [2.75, 3.05) is 25.1 Å². The third-order valence-electron chi connectivity index (χ3n) is 6.90. The topological polar surface area (TPSA) is 152 Å². The fourth-order valence-electron chi connectivity index (χ4n) is 5.37. The summed E-state index contributed by atoms with van der Waals surface area (Å²) in [5, 5.41) is 18.7. The number of fused-ring (bicyclic) bond motifs is 2. The number of ether oxygens (including phenoxy) is 1. The number of sulfonamides is 1. The van der Waals surface area contributed by atoms with Gasteiger partial charge in [-0.05, 0) is 54.4 Å².